The Morgan fingerprint density at radius 1 is 1.39 bits per heavy atom. The van der Waals surface area contributed by atoms with Crippen LogP contribution in [-0.4, -0.2) is 45.2 Å². The number of piperidine rings is 1. The molecule has 0 bridgehead atoms. The second kappa shape index (κ2) is 7.41. The highest BCUT2D eigenvalue weighted by atomic mass is 16.3. The SMILES string of the molecule is C[C@H](C(=O)NC[C@H](c1ccco1)N1CCCCC1)n1cncn1. The quantitative estimate of drug-likeness (QED) is 0.879. The van der Waals surface area contributed by atoms with E-state index in [4.69, 9.17) is 4.42 Å². The lowest BCUT2D eigenvalue weighted by Crippen LogP contribution is -2.42. The number of nitrogens with one attached hydrogen (secondary N) is 1. The molecule has 1 aliphatic rings. The van der Waals surface area contributed by atoms with E-state index in [9.17, 15) is 4.79 Å². The van der Waals surface area contributed by atoms with Crippen LogP contribution in [0.2, 0.25) is 0 Å². The van der Waals surface area contributed by atoms with E-state index in [2.05, 4.69) is 20.3 Å². The third-order valence-corrected chi connectivity index (χ3v) is 4.39. The molecule has 1 aliphatic heterocycles. The van der Waals surface area contributed by atoms with Gasteiger partial charge in [0.2, 0.25) is 5.91 Å². The highest BCUT2D eigenvalue weighted by Crippen LogP contribution is 2.24. The number of hydrogen-bond donors (Lipinski definition) is 1. The molecular weight excluding hydrogens is 294 g/mol. The van der Waals surface area contributed by atoms with Crippen LogP contribution in [0.5, 0.6) is 0 Å². The van der Waals surface area contributed by atoms with Crippen LogP contribution in [0, 0.1) is 0 Å². The van der Waals surface area contributed by atoms with Crippen LogP contribution in [0.25, 0.3) is 0 Å². The first-order chi connectivity index (χ1) is 11.3. The molecular formula is C16H23N5O2. The summed E-state index contributed by atoms with van der Waals surface area (Å²) in [5, 5.41) is 7.05. The Balaban J connectivity index is 1.63. The summed E-state index contributed by atoms with van der Waals surface area (Å²) in [5.74, 6) is 0.838. The predicted molar refractivity (Wildman–Crippen MR) is 84.6 cm³/mol. The Labute approximate surface area is 135 Å². The van der Waals surface area contributed by atoms with Crippen molar-refractivity contribution in [3.05, 3.63) is 36.8 Å². The maximum absolute atomic E-state index is 12.3. The Kier molecular flexibility index (Phi) is 5.07. The molecule has 1 amide bonds. The van der Waals surface area contributed by atoms with E-state index < -0.39 is 0 Å². The molecule has 124 valence electrons. The summed E-state index contributed by atoms with van der Waals surface area (Å²) in [6.45, 7) is 4.43. The first kappa shape index (κ1) is 15.7. The zero-order chi connectivity index (χ0) is 16.1. The fourth-order valence-electron chi connectivity index (χ4n) is 3.00. The van der Waals surface area contributed by atoms with Gasteiger partial charge in [-0.1, -0.05) is 6.42 Å². The number of aromatic nitrogens is 3. The molecule has 2 aromatic heterocycles. The third-order valence-electron chi connectivity index (χ3n) is 4.39. The fourth-order valence-corrected chi connectivity index (χ4v) is 3.00. The molecule has 23 heavy (non-hydrogen) atoms. The molecule has 7 nitrogen and oxygen atoms in total. The first-order valence-electron chi connectivity index (χ1n) is 8.15. The Bertz CT molecular complexity index is 590. The van der Waals surface area contributed by atoms with Crippen LogP contribution in [0.1, 0.15) is 44.0 Å². The van der Waals surface area contributed by atoms with E-state index >= 15 is 0 Å². The second-order valence-electron chi connectivity index (χ2n) is 5.92. The topological polar surface area (TPSA) is 76.2 Å². The van der Waals surface area contributed by atoms with Gasteiger partial charge in [-0.3, -0.25) is 9.69 Å². The molecule has 1 saturated heterocycles. The zero-order valence-electron chi connectivity index (χ0n) is 13.4. The summed E-state index contributed by atoms with van der Waals surface area (Å²) in [4.78, 5) is 18.6. The maximum Gasteiger partial charge on any atom is 0.244 e. The number of furan rings is 1. The molecule has 0 spiro atoms. The molecule has 1 fully saturated rings. The number of rotatable bonds is 6. The summed E-state index contributed by atoms with van der Waals surface area (Å²) in [6.07, 6.45) is 8.34. The van der Waals surface area contributed by atoms with Gasteiger partial charge in [-0.2, -0.15) is 5.10 Å². The molecule has 0 radical (unpaired) electrons. The standard InChI is InChI=1S/C16H23N5O2/c1-13(21-12-17-11-19-21)16(22)18-10-14(15-6-5-9-23-15)20-7-3-2-4-8-20/h5-6,9,11-14H,2-4,7-8,10H2,1H3,(H,18,22)/t13-,14-/m1/s1. The smallest absolute Gasteiger partial charge is 0.244 e. The van der Waals surface area contributed by atoms with Gasteiger partial charge in [-0.05, 0) is 45.0 Å². The van der Waals surface area contributed by atoms with Gasteiger partial charge in [-0.25, -0.2) is 9.67 Å². The van der Waals surface area contributed by atoms with Crippen LogP contribution in [0.4, 0.5) is 0 Å². The molecule has 3 heterocycles. The molecule has 2 atom stereocenters. The van der Waals surface area contributed by atoms with Gasteiger partial charge in [-0.15, -0.1) is 0 Å². The van der Waals surface area contributed by atoms with Gasteiger partial charge in [0.15, 0.2) is 0 Å². The largest absolute Gasteiger partial charge is 0.468 e. The van der Waals surface area contributed by atoms with Crippen molar-refractivity contribution in [1.29, 1.82) is 0 Å². The molecule has 0 saturated carbocycles. The third kappa shape index (κ3) is 3.79. The lowest BCUT2D eigenvalue weighted by molar-refractivity contribution is -0.124. The van der Waals surface area contributed by atoms with Gasteiger partial charge in [0.25, 0.3) is 0 Å². The molecule has 2 aromatic rings. The molecule has 0 unspecified atom stereocenters. The molecule has 3 rings (SSSR count). The van der Waals surface area contributed by atoms with Crippen LogP contribution in [0.15, 0.2) is 35.5 Å². The van der Waals surface area contributed by atoms with Crippen molar-refractivity contribution in [2.24, 2.45) is 0 Å². The van der Waals surface area contributed by atoms with Crippen molar-refractivity contribution in [3.8, 4) is 0 Å². The minimum absolute atomic E-state index is 0.0657. The van der Waals surface area contributed by atoms with Crippen molar-refractivity contribution in [2.75, 3.05) is 19.6 Å². The molecule has 7 heteroatoms. The monoisotopic (exact) mass is 317 g/mol. The predicted octanol–water partition coefficient (Wildman–Crippen LogP) is 1.78. The summed E-state index contributed by atoms with van der Waals surface area (Å²) in [7, 11) is 0. The van der Waals surface area contributed by atoms with E-state index in [1.165, 1.54) is 25.6 Å². The summed E-state index contributed by atoms with van der Waals surface area (Å²) >= 11 is 0. The van der Waals surface area contributed by atoms with E-state index in [0.717, 1.165) is 18.8 Å². The average molecular weight is 317 g/mol. The highest BCUT2D eigenvalue weighted by Gasteiger charge is 2.26. The minimum atomic E-state index is -0.379. The van der Waals surface area contributed by atoms with Crippen LogP contribution >= 0.6 is 0 Å². The van der Waals surface area contributed by atoms with Crippen molar-refractivity contribution in [3.63, 3.8) is 0 Å². The van der Waals surface area contributed by atoms with Gasteiger partial charge in [0, 0.05) is 6.54 Å². The minimum Gasteiger partial charge on any atom is -0.468 e. The summed E-state index contributed by atoms with van der Waals surface area (Å²) < 4.78 is 7.15. The lowest BCUT2D eigenvalue weighted by Gasteiger charge is -2.33. The molecule has 0 aromatic carbocycles. The number of carbonyl (C=O) groups excluding carboxylic acids is 1. The summed E-state index contributed by atoms with van der Waals surface area (Å²) in [6, 6.07) is 3.58. The van der Waals surface area contributed by atoms with Crippen LogP contribution in [-0.2, 0) is 4.79 Å². The molecule has 1 N–H and O–H groups in total. The number of likely N-dealkylation sites (tertiary alicyclic amines) is 1. The Morgan fingerprint density at radius 3 is 2.87 bits per heavy atom. The van der Waals surface area contributed by atoms with E-state index in [0.29, 0.717) is 6.54 Å². The van der Waals surface area contributed by atoms with Gasteiger partial charge in [0.05, 0.1) is 12.3 Å². The number of amides is 1. The number of nitrogens with zero attached hydrogens (tertiary/aromatic N) is 4. The van der Waals surface area contributed by atoms with Gasteiger partial charge in [0.1, 0.15) is 24.5 Å². The second-order valence-corrected chi connectivity index (χ2v) is 5.92. The highest BCUT2D eigenvalue weighted by molar-refractivity contribution is 5.79. The number of carbonyl (C=O) groups is 1. The van der Waals surface area contributed by atoms with E-state index in [1.807, 2.05) is 19.1 Å². The van der Waals surface area contributed by atoms with Gasteiger partial charge >= 0.3 is 0 Å². The summed E-state index contributed by atoms with van der Waals surface area (Å²) in [5.41, 5.74) is 0. The van der Waals surface area contributed by atoms with Crippen LogP contribution in [0.3, 0.4) is 0 Å². The fraction of sp³-hybridized carbons (Fsp3) is 0.562. The van der Waals surface area contributed by atoms with Crippen molar-refractivity contribution in [2.45, 2.75) is 38.3 Å². The van der Waals surface area contributed by atoms with E-state index in [1.54, 1.807) is 17.3 Å². The number of hydrogen-bond acceptors (Lipinski definition) is 5. The van der Waals surface area contributed by atoms with Crippen molar-refractivity contribution < 1.29 is 9.21 Å². The van der Waals surface area contributed by atoms with Crippen molar-refractivity contribution in [1.82, 2.24) is 25.0 Å². The normalized spacial score (nSPS) is 18.5. The van der Waals surface area contributed by atoms with Crippen molar-refractivity contribution >= 4 is 5.91 Å². The van der Waals surface area contributed by atoms with E-state index in [-0.39, 0.29) is 18.0 Å². The van der Waals surface area contributed by atoms with Gasteiger partial charge < -0.3 is 9.73 Å². The average Bonchev–Trinajstić information content (AvgIpc) is 3.29. The molecule has 0 aliphatic carbocycles. The Morgan fingerprint density at radius 2 is 2.22 bits per heavy atom. The zero-order valence-corrected chi connectivity index (χ0v) is 13.4. The maximum atomic E-state index is 12.3. The Hall–Kier alpha value is -2.15. The van der Waals surface area contributed by atoms with Crippen LogP contribution < -0.4 is 5.32 Å². The first-order valence-corrected chi connectivity index (χ1v) is 8.15. The lowest BCUT2D eigenvalue weighted by atomic mass is 10.1.